The molecule has 1 aromatic carbocycles. The van der Waals surface area contributed by atoms with Crippen molar-refractivity contribution in [1.29, 1.82) is 0 Å². The van der Waals surface area contributed by atoms with Crippen LogP contribution in [-0.2, 0) is 4.74 Å². The van der Waals surface area contributed by atoms with E-state index in [0.717, 1.165) is 22.3 Å². The van der Waals surface area contributed by atoms with Gasteiger partial charge in [-0.1, -0.05) is 11.1 Å². The van der Waals surface area contributed by atoms with Crippen LogP contribution in [0.4, 0.5) is 0 Å². The van der Waals surface area contributed by atoms with Gasteiger partial charge in [-0.25, -0.2) is 0 Å². The molecule has 3 nitrogen and oxygen atoms in total. The highest BCUT2D eigenvalue weighted by Crippen LogP contribution is 2.14. The number of hydrogen-bond acceptors (Lipinski definition) is 3. The Morgan fingerprint density at radius 2 is 1.86 bits per heavy atom. The lowest BCUT2D eigenvalue weighted by Gasteiger charge is -2.10. The van der Waals surface area contributed by atoms with E-state index in [-0.39, 0.29) is 14.3 Å². The minimum Gasteiger partial charge on any atom is -0.468 e. The summed E-state index contributed by atoms with van der Waals surface area (Å²) >= 11 is 0. The van der Waals surface area contributed by atoms with Crippen LogP contribution in [0.3, 0.4) is 0 Å². The molecular formula is C10H15BO3. The van der Waals surface area contributed by atoms with E-state index in [1.807, 2.05) is 26.0 Å². The van der Waals surface area contributed by atoms with Gasteiger partial charge in [0.2, 0.25) is 0 Å². The van der Waals surface area contributed by atoms with Gasteiger partial charge in [-0.3, -0.25) is 0 Å². The van der Waals surface area contributed by atoms with Gasteiger partial charge in [-0.15, -0.1) is 0 Å². The second kappa shape index (κ2) is 5.03. The maximum absolute atomic E-state index is 9.10. The Morgan fingerprint density at radius 3 is 2.29 bits per heavy atom. The highest BCUT2D eigenvalue weighted by molar-refractivity contribution is 6.47. The Balaban J connectivity index is 2.90. The molecule has 1 aromatic rings. The highest BCUT2D eigenvalue weighted by atomic mass is 16.7. The van der Waals surface area contributed by atoms with Crippen molar-refractivity contribution in [2.45, 2.75) is 13.8 Å². The first-order chi connectivity index (χ1) is 6.69. The van der Waals surface area contributed by atoms with E-state index in [0.29, 0.717) is 0 Å². The van der Waals surface area contributed by atoms with Crippen LogP contribution in [0.15, 0.2) is 12.1 Å². The topological polar surface area (TPSA) is 38.7 Å². The molecule has 0 aromatic heterocycles. The number of rotatable bonds is 4. The van der Waals surface area contributed by atoms with Crippen molar-refractivity contribution in [1.82, 2.24) is 0 Å². The van der Waals surface area contributed by atoms with Crippen LogP contribution in [0.25, 0.3) is 0 Å². The molecule has 0 amide bonds. The van der Waals surface area contributed by atoms with E-state index in [1.54, 1.807) is 7.11 Å². The van der Waals surface area contributed by atoms with Crippen molar-refractivity contribution < 1.29 is 14.5 Å². The monoisotopic (exact) mass is 194 g/mol. The normalized spacial score (nSPS) is 10.0. The first kappa shape index (κ1) is 11.1. The fourth-order valence-electron chi connectivity index (χ4n) is 1.41. The summed E-state index contributed by atoms with van der Waals surface area (Å²) in [5.74, 6) is 0.777. The first-order valence-electron chi connectivity index (χ1n) is 4.51. The standard InChI is InChI=1S/C10H15BO3/c1-7-4-9(14-6-13-3)5-8(2)10(7)11-12/h4-5,11-12H,6H2,1-3H3. The van der Waals surface area contributed by atoms with Crippen LogP contribution >= 0.6 is 0 Å². The van der Waals surface area contributed by atoms with E-state index in [4.69, 9.17) is 14.5 Å². The van der Waals surface area contributed by atoms with Crippen LogP contribution in [0.5, 0.6) is 5.75 Å². The molecule has 4 heteroatoms. The number of hydrogen-bond donors (Lipinski definition) is 1. The van der Waals surface area contributed by atoms with Crippen molar-refractivity contribution in [3.63, 3.8) is 0 Å². The van der Waals surface area contributed by atoms with Crippen LogP contribution in [0.2, 0.25) is 0 Å². The molecule has 0 spiro atoms. The van der Waals surface area contributed by atoms with E-state index < -0.39 is 0 Å². The minimum absolute atomic E-state index is 0.0717. The Bertz CT molecular complexity index is 289. The van der Waals surface area contributed by atoms with E-state index >= 15 is 0 Å². The van der Waals surface area contributed by atoms with Gasteiger partial charge in [0.15, 0.2) is 6.79 Å². The Kier molecular flexibility index (Phi) is 3.98. The molecule has 0 atom stereocenters. The van der Waals surface area contributed by atoms with Crippen molar-refractivity contribution in [3.05, 3.63) is 23.3 Å². The van der Waals surface area contributed by atoms with Gasteiger partial charge in [0.25, 0.3) is 0 Å². The van der Waals surface area contributed by atoms with E-state index in [1.165, 1.54) is 0 Å². The average molecular weight is 194 g/mol. The van der Waals surface area contributed by atoms with E-state index in [9.17, 15) is 0 Å². The van der Waals surface area contributed by atoms with Gasteiger partial charge >= 0.3 is 7.48 Å². The summed E-state index contributed by atoms with van der Waals surface area (Å²) in [5.41, 5.74) is 3.05. The number of ether oxygens (including phenoxy) is 2. The Morgan fingerprint density at radius 1 is 1.29 bits per heavy atom. The summed E-state index contributed by atoms with van der Waals surface area (Å²) in [7, 11) is 1.66. The summed E-state index contributed by atoms with van der Waals surface area (Å²) in [6.07, 6.45) is 0. The summed E-state index contributed by atoms with van der Waals surface area (Å²) in [4.78, 5) is 0. The molecule has 0 bridgehead atoms. The molecule has 76 valence electrons. The fraction of sp³-hybridized carbons (Fsp3) is 0.400. The van der Waals surface area contributed by atoms with Crippen molar-refractivity contribution in [2.75, 3.05) is 13.9 Å². The molecule has 0 aliphatic carbocycles. The summed E-state index contributed by atoms with van der Waals surface area (Å²) in [5, 5.41) is 9.10. The molecule has 1 rings (SSSR count). The maximum atomic E-state index is 9.10. The first-order valence-corrected chi connectivity index (χ1v) is 4.51. The Labute approximate surface area is 84.9 Å². The SMILES string of the molecule is COCOc1cc(C)c(BO)c(C)c1. The third-order valence-electron chi connectivity index (χ3n) is 2.17. The zero-order chi connectivity index (χ0) is 10.6. The number of benzene rings is 1. The van der Waals surface area contributed by atoms with Gasteiger partial charge in [0.05, 0.1) is 0 Å². The highest BCUT2D eigenvalue weighted by Gasteiger charge is 2.05. The predicted octanol–water partition coefficient (Wildman–Crippen LogP) is 0.255. The molecule has 0 aliphatic heterocycles. The maximum Gasteiger partial charge on any atom is 0.305 e. The van der Waals surface area contributed by atoms with Gasteiger partial charge < -0.3 is 14.5 Å². The molecule has 0 aliphatic rings. The lowest BCUT2D eigenvalue weighted by atomic mass is 9.81. The molecule has 0 saturated carbocycles. The second-order valence-electron chi connectivity index (χ2n) is 3.24. The third kappa shape index (κ3) is 2.50. The molecule has 0 unspecified atom stereocenters. The third-order valence-corrected chi connectivity index (χ3v) is 2.17. The summed E-state index contributed by atoms with van der Waals surface area (Å²) in [6, 6.07) is 3.80. The number of methoxy groups -OCH3 is 1. The molecule has 1 N–H and O–H groups in total. The van der Waals surface area contributed by atoms with Gasteiger partial charge in [0, 0.05) is 7.11 Å². The van der Waals surface area contributed by atoms with Crippen LogP contribution < -0.4 is 10.2 Å². The lowest BCUT2D eigenvalue weighted by molar-refractivity contribution is 0.0511. The molecule has 0 heterocycles. The van der Waals surface area contributed by atoms with Crippen LogP contribution in [0, 0.1) is 13.8 Å². The Hall–Kier alpha value is -0.995. The largest absolute Gasteiger partial charge is 0.468 e. The molecule has 14 heavy (non-hydrogen) atoms. The fourth-order valence-corrected chi connectivity index (χ4v) is 1.41. The summed E-state index contributed by atoms with van der Waals surface area (Å²) in [6.45, 7) is 4.16. The van der Waals surface area contributed by atoms with Gasteiger partial charge in [-0.05, 0) is 31.4 Å². The van der Waals surface area contributed by atoms with Crippen molar-refractivity contribution in [3.8, 4) is 5.75 Å². The smallest absolute Gasteiger partial charge is 0.305 e. The van der Waals surface area contributed by atoms with Gasteiger partial charge in [0.1, 0.15) is 5.75 Å². The second-order valence-corrected chi connectivity index (χ2v) is 3.24. The zero-order valence-electron chi connectivity index (χ0n) is 8.83. The average Bonchev–Trinajstić information content (AvgIpc) is 2.14. The molecule has 0 saturated heterocycles. The molecule has 0 radical (unpaired) electrons. The number of aryl methyl sites for hydroxylation is 2. The van der Waals surface area contributed by atoms with Crippen molar-refractivity contribution >= 4 is 12.9 Å². The zero-order valence-corrected chi connectivity index (χ0v) is 8.83. The lowest BCUT2D eigenvalue weighted by Crippen LogP contribution is -2.20. The van der Waals surface area contributed by atoms with E-state index in [2.05, 4.69) is 0 Å². The quantitative estimate of drug-likeness (QED) is 0.551. The molecular weight excluding hydrogens is 179 g/mol. The van der Waals surface area contributed by atoms with Crippen molar-refractivity contribution in [2.24, 2.45) is 0 Å². The minimum atomic E-state index is 0.0717. The van der Waals surface area contributed by atoms with Gasteiger partial charge in [-0.2, -0.15) is 0 Å². The predicted molar refractivity (Wildman–Crippen MR) is 57.4 cm³/mol. The molecule has 0 fully saturated rings. The summed E-state index contributed by atoms with van der Waals surface area (Å²) < 4.78 is 10.1. The van der Waals surface area contributed by atoms with Crippen LogP contribution in [-0.4, -0.2) is 26.4 Å². The van der Waals surface area contributed by atoms with Crippen LogP contribution in [0.1, 0.15) is 11.1 Å².